The van der Waals surface area contributed by atoms with E-state index >= 15 is 0 Å². The maximum atomic E-state index is 12.2. The Morgan fingerprint density at radius 1 is 1.19 bits per heavy atom. The molecule has 27 heavy (non-hydrogen) atoms. The predicted octanol–water partition coefficient (Wildman–Crippen LogP) is 3.73. The number of ether oxygens (including phenoxy) is 2. The maximum absolute atomic E-state index is 12.2. The molecule has 7 heteroatoms. The van der Waals surface area contributed by atoms with Gasteiger partial charge in [-0.2, -0.15) is 0 Å². The molecular weight excluding hydrogens is 366 g/mol. The number of benzene rings is 1. The Kier molecular flexibility index (Phi) is 5.91. The molecule has 1 saturated carbocycles. The van der Waals surface area contributed by atoms with E-state index < -0.39 is 11.9 Å². The van der Waals surface area contributed by atoms with E-state index in [1.54, 1.807) is 13.0 Å². The van der Waals surface area contributed by atoms with E-state index in [-0.39, 0.29) is 25.1 Å². The summed E-state index contributed by atoms with van der Waals surface area (Å²) in [6.07, 6.45) is 0.804. The Balaban J connectivity index is 1.72. The number of anilines is 1. The van der Waals surface area contributed by atoms with E-state index in [1.807, 2.05) is 37.3 Å². The molecule has 0 saturated heterocycles. The molecule has 2 aromatic rings. The highest BCUT2D eigenvalue weighted by Crippen LogP contribution is 2.38. The molecule has 1 fully saturated rings. The summed E-state index contributed by atoms with van der Waals surface area (Å²) in [6.45, 7) is 3.55. The molecule has 0 bridgehead atoms. The van der Waals surface area contributed by atoms with Crippen molar-refractivity contribution in [3.8, 4) is 10.4 Å². The van der Waals surface area contributed by atoms with E-state index in [9.17, 15) is 14.4 Å². The van der Waals surface area contributed by atoms with Crippen LogP contribution in [0.5, 0.6) is 0 Å². The topological polar surface area (TPSA) is 81.7 Å². The number of esters is 2. The van der Waals surface area contributed by atoms with E-state index in [0.29, 0.717) is 16.5 Å². The van der Waals surface area contributed by atoms with Crippen LogP contribution in [0, 0.1) is 11.8 Å². The van der Waals surface area contributed by atoms with Crippen LogP contribution in [0.3, 0.4) is 0 Å². The highest BCUT2D eigenvalue weighted by Gasteiger charge is 2.40. The van der Waals surface area contributed by atoms with Crippen LogP contribution in [0.2, 0.25) is 0 Å². The standard InChI is InChI=1S/C20H21NO5S/c1-3-25-20(24)18-15(10-16(27-18)13-7-5-4-6-8-13)21-17(22)11-26-19(23)14-9-12(14)2/h4-8,10,12,14H,3,9,11H2,1-2H3,(H,21,22)/t12-,14-/m0/s1. The van der Waals surface area contributed by atoms with Crippen LogP contribution < -0.4 is 5.32 Å². The van der Waals surface area contributed by atoms with E-state index in [1.165, 1.54) is 11.3 Å². The molecule has 1 aliphatic rings. The van der Waals surface area contributed by atoms with Gasteiger partial charge in [0.2, 0.25) is 0 Å². The number of hydrogen-bond donors (Lipinski definition) is 1. The average molecular weight is 387 g/mol. The van der Waals surface area contributed by atoms with Crippen molar-refractivity contribution < 1.29 is 23.9 Å². The second kappa shape index (κ2) is 8.35. The Labute approximate surface area is 161 Å². The first kappa shape index (κ1) is 19.1. The van der Waals surface area contributed by atoms with Gasteiger partial charge in [-0.25, -0.2) is 4.79 Å². The van der Waals surface area contributed by atoms with Crippen LogP contribution in [0.1, 0.15) is 29.9 Å². The molecule has 1 amide bonds. The lowest BCUT2D eigenvalue weighted by molar-refractivity contribution is -0.148. The molecular formula is C20H21NO5S. The van der Waals surface area contributed by atoms with E-state index in [4.69, 9.17) is 9.47 Å². The first-order valence-corrected chi connectivity index (χ1v) is 9.64. The van der Waals surface area contributed by atoms with Gasteiger partial charge in [-0.05, 0) is 30.9 Å². The maximum Gasteiger partial charge on any atom is 0.350 e. The van der Waals surface area contributed by atoms with Gasteiger partial charge < -0.3 is 14.8 Å². The summed E-state index contributed by atoms with van der Waals surface area (Å²) in [4.78, 5) is 37.3. The largest absolute Gasteiger partial charge is 0.462 e. The first-order valence-electron chi connectivity index (χ1n) is 8.82. The summed E-state index contributed by atoms with van der Waals surface area (Å²) >= 11 is 1.25. The van der Waals surface area contributed by atoms with Gasteiger partial charge in [0.05, 0.1) is 18.2 Å². The molecule has 0 radical (unpaired) electrons. The fourth-order valence-electron chi connectivity index (χ4n) is 2.66. The van der Waals surface area contributed by atoms with Gasteiger partial charge in [-0.3, -0.25) is 9.59 Å². The highest BCUT2D eigenvalue weighted by molar-refractivity contribution is 7.18. The van der Waals surface area contributed by atoms with Gasteiger partial charge in [-0.15, -0.1) is 11.3 Å². The van der Waals surface area contributed by atoms with Crippen molar-refractivity contribution in [1.82, 2.24) is 0 Å². The molecule has 142 valence electrons. The zero-order chi connectivity index (χ0) is 19.4. The summed E-state index contributed by atoms with van der Waals surface area (Å²) < 4.78 is 10.1. The van der Waals surface area contributed by atoms with Gasteiger partial charge in [0.25, 0.3) is 5.91 Å². The van der Waals surface area contributed by atoms with Gasteiger partial charge in [0.1, 0.15) is 4.88 Å². The molecule has 1 aliphatic carbocycles. The van der Waals surface area contributed by atoms with Crippen molar-refractivity contribution in [2.24, 2.45) is 11.8 Å². The molecule has 1 N–H and O–H groups in total. The number of rotatable bonds is 7. The third-order valence-corrected chi connectivity index (χ3v) is 5.45. The van der Waals surface area contributed by atoms with Crippen LogP contribution >= 0.6 is 11.3 Å². The zero-order valence-corrected chi connectivity index (χ0v) is 16.0. The quantitative estimate of drug-likeness (QED) is 0.732. The summed E-state index contributed by atoms with van der Waals surface area (Å²) in [7, 11) is 0. The van der Waals surface area contributed by atoms with Crippen LogP contribution in [-0.2, 0) is 19.1 Å². The third kappa shape index (κ3) is 4.74. The summed E-state index contributed by atoms with van der Waals surface area (Å²) in [6, 6.07) is 11.3. The summed E-state index contributed by atoms with van der Waals surface area (Å²) in [5.41, 5.74) is 1.29. The molecule has 1 aromatic heterocycles. The second-order valence-electron chi connectivity index (χ2n) is 6.42. The lowest BCUT2D eigenvalue weighted by Gasteiger charge is -2.07. The van der Waals surface area contributed by atoms with Gasteiger partial charge in [0.15, 0.2) is 6.61 Å². The lowest BCUT2D eigenvalue weighted by atomic mass is 10.2. The van der Waals surface area contributed by atoms with Gasteiger partial charge >= 0.3 is 11.9 Å². The number of amides is 1. The molecule has 1 heterocycles. The molecule has 0 spiro atoms. The Morgan fingerprint density at radius 3 is 2.52 bits per heavy atom. The van der Waals surface area contributed by atoms with Gasteiger partial charge in [-0.1, -0.05) is 37.3 Å². The average Bonchev–Trinajstić information content (AvgIpc) is 3.25. The molecule has 1 aromatic carbocycles. The van der Waals surface area contributed by atoms with Crippen LogP contribution in [0.25, 0.3) is 10.4 Å². The third-order valence-electron chi connectivity index (χ3n) is 4.28. The Bertz CT molecular complexity index is 845. The zero-order valence-electron chi connectivity index (χ0n) is 15.2. The summed E-state index contributed by atoms with van der Waals surface area (Å²) in [5, 5.41) is 2.66. The molecule has 0 aliphatic heterocycles. The number of carbonyl (C=O) groups excluding carboxylic acids is 3. The Hall–Kier alpha value is -2.67. The van der Waals surface area contributed by atoms with Crippen molar-refractivity contribution in [3.63, 3.8) is 0 Å². The molecule has 0 unspecified atom stereocenters. The Morgan fingerprint density at radius 2 is 1.89 bits per heavy atom. The van der Waals surface area contributed by atoms with Crippen LogP contribution in [0.4, 0.5) is 5.69 Å². The highest BCUT2D eigenvalue weighted by atomic mass is 32.1. The SMILES string of the molecule is CCOC(=O)c1sc(-c2ccccc2)cc1NC(=O)COC(=O)[C@H]1C[C@@H]1C. The number of nitrogens with one attached hydrogen (secondary N) is 1. The molecule has 3 rings (SSSR count). The van der Waals surface area contributed by atoms with Crippen LogP contribution in [0.15, 0.2) is 36.4 Å². The monoisotopic (exact) mass is 387 g/mol. The first-order chi connectivity index (χ1) is 13.0. The summed E-state index contributed by atoms with van der Waals surface area (Å²) in [5.74, 6) is -1.11. The normalized spacial score (nSPS) is 17.9. The van der Waals surface area contributed by atoms with E-state index in [0.717, 1.165) is 16.9 Å². The molecule has 6 nitrogen and oxygen atoms in total. The van der Waals surface area contributed by atoms with E-state index in [2.05, 4.69) is 5.32 Å². The van der Waals surface area contributed by atoms with Crippen molar-refractivity contribution in [1.29, 1.82) is 0 Å². The minimum Gasteiger partial charge on any atom is -0.462 e. The van der Waals surface area contributed by atoms with Gasteiger partial charge in [0, 0.05) is 4.88 Å². The number of carbonyl (C=O) groups is 3. The minimum atomic E-state index is -0.496. The molecule has 2 atom stereocenters. The fourth-order valence-corrected chi connectivity index (χ4v) is 3.67. The van der Waals surface area contributed by atoms with Crippen LogP contribution in [-0.4, -0.2) is 31.1 Å². The minimum absolute atomic E-state index is 0.0984. The van der Waals surface area contributed by atoms with Crippen molar-refractivity contribution >= 4 is 34.9 Å². The smallest absolute Gasteiger partial charge is 0.350 e. The van der Waals surface area contributed by atoms with Crippen molar-refractivity contribution in [3.05, 3.63) is 41.3 Å². The number of thiophene rings is 1. The second-order valence-corrected chi connectivity index (χ2v) is 7.47. The fraction of sp³-hybridized carbons (Fsp3) is 0.350. The van der Waals surface area contributed by atoms with Crippen molar-refractivity contribution in [2.75, 3.05) is 18.5 Å². The lowest BCUT2D eigenvalue weighted by Crippen LogP contribution is -2.22. The predicted molar refractivity (Wildman–Crippen MR) is 103 cm³/mol. The van der Waals surface area contributed by atoms with Crippen molar-refractivity contribution in [2.45, 2.75) is 20.3 Å². The number of hydrogen-bond acceptors (Lipinski definition) is 6.